The summed E-state index contributed by atoms with van der Waals surface area (Å²) in [6, 6.07) is 5.66. The van der Waals surface area contributed by atoms with Gasteiger partial charge in [0.1, 0.15) is 17.6 Å². The minimum atomic E-state index is -0.417. The number of fused-ring (bicyclic) bond motifs is 1. The zero-order chi connectivity index (χ0) is 11.8. The summed E-state index contributed by atoms with van der Waals surface area (Å²) >= 11 is 0. The number of rotatable bonds is 2. The molecule has 1 fully saturated rings. The highest BCUT2D eigenvalue weighted by molar-refractivity contribution is 5.43. The fourth-order valence-electron chi connectivity index (χ4n) is 2.68. The first-order valence-electron chi connectivity index (χ1n) is 6.30. The number of aliphatic hydroxyl groups is 1. The van der Waals surface area contributed by atoms with Crippen molar-refractivity contribution in [3.05, 3.63) is 23.8 Å². The lowest BCUT2D eigenvalue weighted by atomic mass is 9.78. The molecule has 0 aromatic heterocycles. The lowest BCUT2D eigenvalue weighted by Crippen LogP contribution is -2.36. The lowest BCUT2D eigenvalue weighted by Gasteiger charge is -2.38. The van der Waals surface area contributed by atoms with Crippen molar-refractivity contribution in [2.45, 2.75) is 37.9 Å². The van der Waals surface area contributed by atoms with Gasteiger partial charge in [0.2, 0.25) is 0 Å². The second kappa shape index (κ2) is 4.22. The van der Waals surface area contributed by atoms with E-state index in [0.717, 1.165) is 17.1 Å². The van der Waals surface area contributed by atoms with Gasteiger partial charge in [-0.05, 0) is 37.0 Å². The molecule has 2 aliphatic rings. The van der Waals surface area contributed by atoms with Crippen LogP contribution < -0.4 is 9.47 Å². The maximum atomic E-state index is 10.2. The van der Waals surface area contributed by atoms with E-state index in [-0.39, 0.29) is 6.10 Å². The second-order valence-electron chi connectivity index (χ2n) is 5.00. The summed E-state index contributed by atoms with van der Waals surface area (Å²) in [7, 11) is 1.63. The Hall–Kier alpha value is -1.22. The molecule has 92 valence electrons. The van der Waals surface area contributed by atoms with Crippen LogP contribution in [-0.4, -0.2) is 18.3 Å². The molecule has 17 heavy (non-hydrogen) atoms. The van der Waals surface area contributed by atoms with Crippen LogP contribution in [0.5, 0.6) is 11.5 Å². The molecular weight excluding hydrogens is 216 g/mol. The van der Waals surface area contributed by atoms with Crippen LogP contribution >= 0.6 is 0 Å². The van der Waals surface area contributed by atoms with E-state index < -0.39 is 6.10 Å². The molecule has 0 bridgehead atoms. The van der Waals surface area contributed by atoms with Gasteiger partial charge in [0, 0.05) is 12.0 Å². The zero-order valence-electron chi connectivity index (χ0n) is 10.1. The number of aliphatic hydroxyl groups excluding tert-OH is 1. The van der Waals surface area contributed by atoms with Crippen LogP contribution in [0, 0.1) is 5.92 Å². The maximum Gasteiger partial charge on any atom is 0.125 e. The second-order valence-corrected chi connectivity index (χ2v) is 5.00. The predicted octanol–water partition coefficient (Wildman–Crippen LogP) is 2.68. The number of methoxy groups -OCH3 is 1. The fourth-order valence-corrected chi connectivity index (χ4v) is 2.68. The Bertz CT molecular complexity index is 412. The van der Waals surface area contributed by atoms with E-state index >= 15 is 0 Å². The molecule has 2 atom stereocenters. The highest BCUT2D eigenvalue weighted by atomic mass is 16.5. The van der Waals surface area contributed by atoms with Crippen molar-refractivity contribution in [2.24, 2.45) is 5.92 Å². The number of benzene rings is 1. The molecule has 3 rings (SSSR count). The number of hydrogen-bond donors (Lipinski definition) is 1. The summed E-state index contributed by atoms with van der Waals surface area (Å²) in [4.78, 5) is 0. The normalized spacial score (nSPS) is 27.9. The Balaban J connectivity index is 1.85. The van der Waals surface area contributed by atoms with Crippen LogP contribution in [0.25, 0.3) is 0 Å². The highest BCUT2D eigenvalue weighted by Gasteiger charge is 2.35. The third kappa shape index (κ3) is 1.89. The SMILES string of the molecule is COc1ccc2c(c1)C(O)CC(C1CCC1)O2. The van der Waals surface area contributed by atoms with Crippen molar-refractivity contribution >= 4 is 0 Å². The fraction of sp³-hybridized carbons (Fsp3) is 0.571. The van der Waals surface area contributed by atoms with Crippen LogP contribution in [0.1, 0.15) is 37.4 Å². The van der Waals surface area contributed by atoms with E-state index in [1.807, 2.05) is 18.2 Å². The van der Waals surface area contributed by atoms with Crippen molar-refractivity contribution in [2.75, 3.05) is 7.11 Å². The van der Waals surface area contributed by atoms with Gasteiger partial charge < -0.3 is 14.6 Å². The first-order valence-corrected chi connectivity index (χ1v) is 6.30. The molecule has 3 heteroatoms. The van der Waals surface area contributed by atoms with E-state index in [9.17, 15) is 5.11 Å². The first kappa shape index (κ1) is 10.9. The molecular formula is C14H18O3. The average Bonchev–Trinajstić information content (AvgIpc) is 2.26. The first-order chi connectivity index (χ1) is 8.28. The minimum absolute atomic E-state index is 0.194. The van der Waals surface area contributed by atoms with Gasteiger partial charge in [0.05, 0.1) is 13.2 Å². The molecule has 0 saturated heterocycles. The van der Waals surface area contributed by atoms with Gasteiger partial charge in [0.15, 0.2) is 0 Å². The van der Waals surface area contributed by atoms with Crippen LogP contribution in [-0.2, 0) is 0 Å². The molecule has 2 unspecified atom stereocenters. The van der Waals surface area contributed by atoms with Gasteiger partial charge in [0.25, 0.3) is 0 Å². The van der Waals surface area contributed by atoms with Crippen molar-refractivity contribution in [1.29, 1.82) is 0 Å². The summed E-state index contributed by atoms with van der Waals surface area (Å²) in [5, 5.41) is 10.2. The van der Waals surface area contributed by atoms with Crippen LogP contribution in [0.4, 0.5) is 0 Å². The molecule has 1 aliphatic heterocycles. The van der Waals surface area contributed by atoms with Crippen molar-refractivity contribution in [1.82, 2.24) is 0 Å². The van der Waals surface area contributed by atoms with E-state index in [1.54, 1.807) is 7.11 Å². The molecule has 0 amide bonds. The number of ether oxygens (including phenoxy) is 2. The Kier molecular flexibility index (Phi) is 2.71. The third-order valence-electron chi connectivity index (χ3n) is 3.99. The van der Waals surface area contributed by atoms with Gasteiger partial charge in [-0.15, -0.1) is 0 Å². The van der Waals surface area contributed by atoms with E-state index in [1.165, 1.54) is 19.3 Å². The van der Waals surface area contributed by atoms with Crippen molar-refractivity contribution in [3.8, 4) is 11.5 Å². The molecule has 1 saturated carbocycles. The highest BCUT2D eigenvalue weighted by Crippen LogP contribution is 2.42. The van der Waals surface area contributed by atoms with E-state index in [0.29, 0.717) is 12.3 Å². The summed E-state index contributed by atoms with van der Waals surface area (Å²) in [6.45, 7) is 0. The number of hydrogen-bond acceptors (Lipinski definition) is 3. The molecule has 1 aromatic carbocycles. The summed E-state index contributed by atoms with van der Waals surface area (Å²) < 4.78 is 11.2. The summed E-state index contributed by atoms with van der Waals surface area (Å²) in [5.41, 5.74) is 0.861. The Morgan fingerprint density at radius 1 is 1.35 bits per heavy atom. The van der Waals surface area contributed by atoms with Crippen LogP contribution in [0.3, 0.4) is 0 Å². The van der Waals surface area contributed by atoms with Gasteiger partial charge in [-0.25, -0.2) is 0 Å². The van der Waals surface area contributed by atoms with Crippen LogP contribution in [0.2, 0.25) is 0 Å². The molecule has 0 radical (unpaired) electrons. The van der Waals surface area contributed by atoms with Crippen LogP contribution in [0.15, 0.2) is 18.2 Å². The quantitative estimate of drug-likeness (QED) is 0.855. The largest absolute Gasteiger partial charge is 0.497 e. The molecule has 3 nitrogen and oxygen atoms in total. The van der Waals surface area contributed by atoms with Gasteiger partial charge >= 0.3 is 0 Å². The van der Waals surface area contributed by atoms with Gasteiger partial charge in [-0.3, -0.25) is 0 Å². The lowest BCUT2D eigenvalue weighted by molar-refractivity contribution is 0.0104. The molecule has 1 heterocycles. The Morgan fingerprint density at radius 2 is 2.18 bits per heavy atom. The smallest absolute Gasteiger partial charge is 0.125 e. The molecule has 0 spiro atoms. The Morgan fingerprint density at radius 3 is 2.82 bits per heavy atom. The summed E-state index contributed by atoms with van der Waals surface area (Å²) in [6.07, 6.45) is 4.27. The van der Waals surface area contributed by atoms with E-state index in [4.69, 9.17) is 9.47 Å². The zero-order valence-corrected chi connectivity index (χ0v) is 10.1. The monoisotopic (exact) mass is 234 g/mol. The van der Waals surface area contributed by atoms with Gasteiger partial charge in [-0.1, -0.05) is 6.42 Å². The summed E-state index contributed by atoms with van der Waals surface area (Å²) in [5.74, 6) is 2.23. The van der Waals surface area contributed by atoms with Crippen molar-refractivity contribution in [3.63, 3.8) is 0 Å². The predicted molar refractivity (Wildman–Crippen MR) is 64.3 cm³/mol. The third-order valence-corrected chi connectivity index (χ3v) is 3.99. The van der Waals surface area contributed by atoms with E-state index in [2.05, 4.69) is 0 Å². The van der Waals surface area contributed by atoms with Crippen molar-refractivity contribution < 1.29 is 14.6 Å². The van der Waals surface area contributed by atoms with Gasteiger partial charge in [-0.2, -0.15) is 0 Å². The average molecular weight is 234 g/mol. The molecule has 1 aliphatic carbocycles. The minimum Gasteiger partial charge on any atom is -0.497 e. The topological polar surface area (TPSA) is 38.7 Å². The standard InChI is InChI=1S/C14H18O3/c1-16-10-5-6-13-11(7-10)12(15)8-14(17-13)9-3-2-4-9/h5-7,9,12,14-15H,2-4,8H2,1H3. The molecule has 1 N–H and O–H groups in total. The Labute approximate surface area is 101 Å². The molecule has 1 aromatic rings. The maximum absolute atomic E-state index is 10.2.